The lowest BCUT2D eigenvalue weighted by Gasteiger charge is -2.17. The Kier molecular flexibility index (Phi) is 4.87. The van der Waals surface area contributed by atoms with Crippen LogP contribution in [-0.4, -0.2) is 26.3 Å². The van der Waals surface area contributed by atoms with Gasteiger partial charge in [0.25, 0.3) is 0 Å². The molecule has 0 heterocycles. The molecule has 1 aliphatic rings. The normalized spacial score (nSPS) is 18.6. The summed E-state index contributed by atoms with van der Waals surface area (Å²) in [5.74, 6) is 0. The Labute approximate surface area is 120 Å². The topological polar surface area (TPSA) is 46.2 Å². The van der Waals surface area contributed by atoms with Gasteiger partial charge in [-0.15, -0.1) is 0 Å². The molecular weight excluding hydrogens is 282 g/mol. The highest BCUT2D eigenvalue weighted by atomic mass is 35.5. The summed E-state index contributed by atoms with van der Waals surface area (Å²) in [5.41, 5.74) is 0. The first-order chi connectivity index (χ1) is 9.00. The number of sulfone groups is 1. The molecule has 1 aromatic carbocycles. The Morgan fingerprint density at radius 1 is 1.26 bits per heavy atom. The predicted molar refractivity (Wildman–Crippen MR) is 78.4 cm³/mol. The quantitative estimate of drug-likeness (QED) is 0.909. The smallest absolute Gasteiger partial charge is 0.182 e. The second kappa shape index (κ2) is 6.25. The summed E-state index contributed by atoms with van der Waals surface area (Å²) in [6.45, 7) is 2.27. The molecule has 1 atom stereocenters. The van der Waals surface area contributed by atoms with Gasteiger partial charge in [-0.25, -0.2) is 8.42 Å². The second-order valence-electron chi connectivity index (χ2n) is 5.20. The third kappa shape index (κ3) is 3.71. The van der Waals surface area contributed by atoms with Crippen molar-refractivity contribution in [3.63, 3.8) is 0 Å². The lowest BCUT2D eigenvalue weighted by atomic mass is 10.2. The number of hydrogen-bond acceptors (Lipinski definition) is 3. The Morgan fingerprint density at radius 2 is 1.84 bits per heavy atom. The van der Waals surface area contributed by atoms with E-state index in [1.54, 1.807) is 31.2 Å². The van der Waals surface area contributed by atoms with E-state index < -0.39 is 15.1 Å². The van der Waals surface area contributed by atoms with Crippen LogP contribution in [0, 0.1) is 0 Å². The van der Waals surface area contributed by atoms with Crippen LogP contribution in [0.25, 0.3) is 0 Å². The molecule has 0 aliphatic heterocycles. The van der Waals surface area contributed by atoms with Gasteiger partial charge in [-0.3, -0.25) is 0 Å². The Morgan fingerprint density at radius 3 is 2.42 bits per heavy atom. The zero-order valence-electron chi connectivity index (χ0n) is 11.1. The summed E-state index contributed by atoms with van der Waals surface area (Å²) < 4.78 is 24.7. The average Bonchev–Trinajstić information content (AvgIpc) is 2.89. The maximum atomic E-state index is 12.4. The molecule has 1 unspecified atom stereocenters. The fraction of sp³-hybridized carbons (Fsp3) is 0.571. The molecule has 0 aromatic heterocycles. The van der Waals surface area contributed by atoms with Gasteiger partial charge in [-0.05, 0) is 44.0 Å². The van der Waals surface area contributed by atoms with Crippen LogP contribution in [0.5, 0.6) is 0 Å². The molecule has 1 N–H and O–H groups in total. The lowest BCUT2D eigenvalue weighted by molar-refractivity contribution is 0.512. The zero-order chi connectivity index (χ0) is 13.9. The summed E-state index contributed by atoms with van der Waals surface area (Å²) in [6.07, 6.45) is 4.81. The van der Waals surface area contributed by atoms with Crippen LogP contribution < -0.4 is 5.32 Å². The van der Waals surface area contributed by atoms with Crippen LogP contribution in [-0.2, 0) is 9.84 Å². The van der Waals surface area contributed by atoms with Crippen LogP contribution in [0.15, 0.2) is 29.2 Å². The van der Waals surface area contributed by atoms with Gasteiger partial charge in [0.05, 0.1) is 10.1 Å². The largest absolute Gasteiger partial charge is 0.313 e. The van der Waals surface area contributed by atoms with Crippen molar-refractivity contribution < 1.29 is 8.42 Å². The molecule has 0 amide bonds. The van der Waals surface area contributed by atoms with Crippen LogP contribution >= 0.6 is 11.6 Å². The van der Waals surface area contributed by atoms with E-state index in [-0.39, 0.29) is 0 Å². The lowest BCUT2D eigenvalue weighted by Crippen LogP contribution is -2.36. The third-order valence-electron chi connectivity index (χ3n) is 3.72. The SMILES string of the molecule is CC(CNC1CCCC1)S(=O)(=O)c1ccc(Cl)cc1. The van der Waals surface area contributed by atoms with Crippen molar-refractivity contribution in [3.05, 3.63) is 29.3 Å². The van der Waals surface area contributed by atoms with Crippen molar-refractivity contribution >= 4 is 21.4 Å². The van der Waals surface area contributed by atoms with Crippen LogP contribution in [0.1, 0.15) is 32.6 Å². The first-order valence-electron chi connectivity index (χ1n) is 6.73. The maximum absolute atomic E-state index is 12.4. The molecule has 19 heavy (non-hydrogen) atoms. The minimum Gasteiger partial charge on any atom is -0.313 e. The highest BCUT2D eigenvalue weighted by molar-refractivity contribution is 7.92. The number of hydrogen-bond donors (Lipinski definition) is 1. The Balaban J connectivity index is 1.99. The van der Waals surface area contributed by atoms with Crippen LogP contribution in [0.3, 0.4) is 0 Å². The van der Waals surface area contributed by atoms with E-state index >= 15 is 0 Å². The molecule has 1 aromatic rings. The van der Waals surface area contributed by atoms with E-state index in [0.717, 1.165) is 12.8 Å². The predicted octanol–water partition coefficient (Wildman–Crippen LogP) is 3.03. The third-order valence-corrected chi connectivity index (χ3v) is 6.13. The highest BCUT2D eigenvalue weighted by Crippen LogP contribution is 2.20. The summed E-state index contributed by atoms with van der Waals surface area (Å²) >= 11 is 5.78. The molecule has 2 rings (SSSR count). The first-order valence-corrected chi connectivity index (χ1v) is 8.65. The van der Waals surface area contributed by atoms with E-state index in [2.05, 4.69) is 5.32 Å². The zero-order valence-corrected chi connectivity index (χ0v) is 12.7. The number of benzene rings is 1. The molecule has 0 radical (unpaired) electrons. The molecule has 0 bridgehead atoms. The van der Waals surface area contributed by atoms with Gasteiger partial charge in [-0.2, -0.15) is 0 Å². The summed E-state index contributed by atoms with van der Waals surface area (Å²) in [5, 5.41) is 3.49. The van der Waals surface area contributed by atoms with Gasteiger partial charge in [-0.1, -0.05) is 24.4 Å². The van der Waals surface area contributed by atoms with Crippen molar-refractivity contribution in [2.24, 2.45) is 0 Å². The van der Waals surface area contributed by atoms with Crippen molar-refractivity contribution in [2.75, 3.05) is 6.54 Å². The molecule has 1 saturated carbocycles. The minimum atomic E-state index is -3.27. The van der Waals surface area contributed by atoms with Gasteiger partial charge in [0.15, 0.2) is 9.84 Å². The van der Waals surface area contributed by atoms with Crippen molar-refractivity contribution in [1.82, 2.24) is 5.32 Å². The summed E-state index contributed by atoms with van der Waals surface area (Å²) in [4.78, 5) is 0.345. The van der Waals surface area contributed by atoms with E-state index in [9.17, 15) is 8.42 Å². The second-order valence-corrected chi connectivity index (χ2v) is 8.00. The standard InChI is InChI=1S/C14H20ClNO2S/c1-11(10-16-13-4-2-3-5-13)19(17,18)14-8-6-12(15)7-9-14/h6-9,11,13,16H,2-5,10H2,1H3. The summed E-state index contributed by atoms with van der Waals surface area (Å²) in [6, 6.07) is 6.87. The van der Waals surface area contributed by atoms with Gasteiger partial charge in [0, 0.05) is 17.6 Å². The Bertz CT molecular complexity index is 507. The van der Waals surface area contributed by atoms with Gasteiger partial charge in [0.1, 0.15) is 0 Å². The van der Waals surface area contributed by atoms with Gasteiger partial charge >= 0.3 is 0 Å². The molecule has 0 saturated heterocycles. The van der Waals surface area contributed by atoms with E-state index in [1.165, 1.54) is 12.8 Å². The van der Waals surface area contributed by atoms with Crippen molar-refractivity contribution in [2.45, 2.75) is 48.8 Å². The van der Waals surface area contributed by atoms with Crippen molar-refractivity contribution in [1.29, 1.82) is 0 Å². The number of rotatable bonds is 5. The molecule has 0 spiro atoms. The van der Waals surface area contributed by atoms with Crippen LogP contribution in [0.2, 0.25) is 5.02 Å². The molecule has 1 aliphatic carbocycles. The Hall–Kier alpha value is -0.580. The van der Waals surface area contributed by atoms with Crippen LogP contribution in [0.4, 0.5) is 0 Å². The average molecular weight is 302 g/mol. The molecule has 3 nitrogen and oxygen atoms in total. The van der Waals surface area contributed by atoms with Crippen molar-refractivity contribution in [3.8, 4) is 0 Å². The maximum Gasteiger partial charge on any atom is 0.182 e. The van der Waals surface area contributed by atoms with Gasteiger partial charge < -0.3 is 5.32 Å². The molecule has 106 valence electrons. The minimum absolute atomic E-state index is 0.345. The monoisotopic (exact) mass is 301 g/mol. The first kappa shape index (κ1) is 14.8. The summed E-state index contributed by atoms with van der Waals surface area (Å²) in [7, 11) is -3.27. The molecule has 1 fully saturated rings. The molecule has 5 heteroatoms. The number of nitrogens with one attached hydrogen (secondary N) is 1. The number of halogens is 1. The fourth-order valence-corrected chi connectivity index (χ4v) is 3.85. The van der Waals surface area contributed by atoms with Gasteiger partial charge in [0.2, 0.25) is 0 Å². The van der Waals surface area contributed by atoms with E-state index in [1.807, 2.05) is 0 Å². The highest BCUT2D eigenvalue weighted by Gasteiger charge is 2.24. The molecular formula is C14H20ClNO2S. The van der Waals surface area contributed by atoms with E-state index in [4.69, 9.17) is 11.6 Å². The van der Waals surface area contributed by atoms with E-state index in [0.29, 0.717) is 22.5 Å². The fourth-order valence-electron chi connectivity index (χ4n) is 2.43.